The molecule has 4 amide bonds. The smallest absolute Gasteiger partial charge is 0.262 e. The van der Waals surface area contributed by atoms with Crippen molar-refractivity contribution < 1.29 is 37.8 Å². The van der Waals surface area contributed by atoms with Gasteiger partial charge in [0.15, 0.2) is 11.7 Å². The Morgan fingerprint density at radius 3 is 2.34 bits per heavy atom. The van der Waals surface area contributed by atoms with Crippen LogP contribution in [0.4, 0.5) is 0 Å². The molecule has 1 N–H and O–H groups in total. The number of carbonyl (C=O) groups is 4. The number of amides is 4. The van der Waals surface area contributed by atoms with Crippen LogP contribution in [0.3, 0.4) is 0 Å². The Morgan fingerprint density at radius 2 is 1.68 bits per heavy atom. The number of benzene rings is 2. The number of hydrogen-bond acceptors (Lipinski definition) is 12. The third-order valence-corrected chi connectivity index (χ3v) is 10.6. The molecule has 3 aliphatic heterocycles. The quantitative estimate of drug-likeness (QED) is 0.176. The average Bonchev–Trinajstić information content (AvgIpc) is 3.77. The van der Waals surface area contributed by atoms with Gasteiger partial charge in [0.1, 0.15) is 29.9 Å². The van der Waals surface area contributed by atoms with Gasteiger partial charge in [0.05, 0.1) is 42.3 Å². The van der Waals surface area contributed by atoms with E-state index < -0.39 is 29.7 Å². The Kier molecular flexibility index (Phi) is 10.7. The van der Waals surface area contributed by atoms with Crippen LogP contribution in [0.1, 0.15) is 76.5 Å². The fourth-order valence-electron chi connectivity index (χ4n) is 7.66. The molecule has 4 aromatic rings. The highest BCUT2D eigenvalue weighted by molar-refractivity contribution is 6.23. The van der Waals surface area contributed by atoms with Crippen molar-refractivity contribution >= 4 is 42.6 Å². The molecule has 15 nitrogen and oxygen atoms in total. The van der Waals surface area contributed by atoms with Gasteiger partial charge in [0.25, 0.3) is 17.4 Å². The van der Waals surface area contributed by atoms with Gasteiger partial charge >= 0.3 is 0 Å². The maximum atomic E-state index is 13.2. The summed E-state index contributed by atoms with van der Waals surface area (Å²) in [5, 5.41) is 3.40. The zero-order chi connectivity index (χ0) is 39.7. The van der Waals surface area contributed by atoms with E-state index in [2.05, 4.69) is 26.9 Å². The van der Waals surface area contributed by atoms with E-state index in [4.69, 9.17) is 18.6 Å². The molecular formula is C41H42N6O9. The van der Waals surface area contributed by atoms with E-state index in [9.17, 15) is 24.0 Å². The molecule has 2 saturated heterocycles. The van der Waals surface area contributed by atoms with Crippen LogP contribution in [0.25, 0.3) is 23.4 Å². The minimum Gasteiger partial charge on any atom is -0.496 e. The minimum atomic E-state index is -1.04. The molecule has 2 aromatic heterocycles. The van der Waals surface area contributed by atoms with E-state index in [-0.39, 0.29) is 42.1 Å². The van der Waals surface area contributed by atoms with Crippen LogP contribution in [0, 0.1) is 0 Å². The topological polar surface area (TPSA) is 175 Å². The summed E-state index contributed by atoms with van der Waals surface area (Å²) in [6.07, 6.45) is 8.56. The van der Waals surface area contributed by atoms with E-state index in [0.717, 1.165) is 52.7 Å². The molecule has 0 aliphatic carbocycles. The van der Waals surface area contributed by atoms with Crippen LogP contribution in [-0.4, -0.2) is 83.0 Å². The summed E-state index contributed by atoms with van der Waals surface area (Å²) in [7, 11) is 4.97. The van der Waals surface area contributed by atoms with Crippen LogP contribution < -0.4 is 35.5 Å². The lowest BCUT2D eigenvalue weighted by atomic mass is 9.95. The Hall–Kier alpha value is -6.35. The third kappa shape index (κ3) is 7.12. The van der Waals surface area contributed by atoms with Crippen molar-refractivity contribution in [2.45, 2.75) is 57.7 Å². The second-order valence-corrected chi connectivity index (χ2v) is 13.9. The first kappa shape index (κ1) is 37.9. The number of aliphatic imine (C=N–C) groups is 1. The number of hydrogen-bond donors (Lipinski definition) is 1. The number of oxazole rings is 1. The van der Waals surface area contributed by atoms with E-state index in [0.29, 0.717) is 40.7 Å². The maximum absolute atomic E-state index is 13.2. The first-order chi connectivity index (χ1) is 27.0. The number of nitrogens with one attached hydrogen (secondary N) is 1. The van der Waals surface area contributed by atoms with Gasteiger partial charge in [-0.25, -0.2) is 4.98 Å². The van der Waals surface area contributed by atoms with E-state index >= 15 is 0 Å². The number of likely N-dealkylation sites (tertiary alicyclic amines) is 1. The van der Waals surface area contributed by atoms with Crippen molar-refractivity contribution in [1.82, 2.24) is 24.7 Å². The lowest BCUT2D eigenvalue weighted by molar-refractivity contribution is -0.136. The molecule has 1 atom stereocenters. The summed E-state index contributed by atoms with van der Waals surface area (Å²) in [5.41, 5.74) is 2.73. The van der Waals surface area contributed by atoms with Gasteiger partial charge in [-0.05, 0) is 87.1 Å². The fraction of sp³-hybridized carbons (Fsp3) is 0.341. The number of piperidine rings is 2. The monoisotopic (exact) mass is 762 g/mol. The van der Waals surface area contributed by atoms with Crippen molar-refractivity contribution in [2.24, 2.45) is 12.0 Å². The van der Waals surface area contributed by atoms with E-state index in [1.165, 1.54) is 22.9 Å². The summed E-state index contributed by atoms with van der Waals surface area (Å²) >= 11 is 0. The summed E-state index contributed by atoms with van der Waals surface area (Å²) in [4.78, 5) is 74.7. The third-order valence-electron chi connectivity index (χ3n) is 10.6. The van der Waals surface area contributed by atoms with Gasteiger partial charge in [-0.15, -0.1) is 0 Å². The van der Waals surface area contributed by atoms with Crippen LogP contribution in [0.15, 0.2) is 56.9 Å². The highest BCUT2D eigenvalue weighted by Crippen LogP contribution is 2.37. The average molecular weight is 763 g/mol. The number of imide groups is 2. The second-order valence-electron chi connectivity index (χ2n) is 13.9. The van der Waals surface area contributed by atoms with Gasteiger partial charge in [-0.2, -0.15) is 0 Å². The summed E-state index contributed by atoms with van der Waals surface area (Å²) in [6, 6.07) is 7.47. The van der Waals surface area contributed by atoms with Crippen LogP contribution >= 0.6 is 0 Å². The summed E-state index contributed by atoms with van der Waals surface area (Å²) in [6.45, 7) is 7.65. The number of pyridine rings is 1. The van der Waals surface area contributed by atoms with Gasteiger partial charge in [0, 0.05) is 43.9 Å². The lowest BCUT2D eigenvalue weighted by Crippen LogP contribution is -2.54. The number of aromatic nitrogens is 2. The molecule has 2 aromatic carbocycles. The number of nitrogens with zero attached hydrogens (tertiary/aromatic N) is 5. The molecule has 7 rings (SSSR count). The van der Waals surface area contributed by atoms with Gasteiger partial charge < -0.3 is 23.2 Å². The van der Waals surface area contributed by atoms with Crippen molar-refractivity contribution in [1.29, 1.82) is 0 Å². The largest absolute Gasteiger partial charge is 0.496 e. The number of carbonyl (C=O) groups excluding carboxylic acids is 4. The summed E-state index contributed by atoms with van der Waals surface area (Å²) < 4.78 is 25.3. The molecule has 290 valence electrons. The summed E-state index contributed by atoms with van der Waals surface area (Å²) in [5.74, 6) is 0.676. The van der Waals surface area contributed by atoms with Crippen molar-refractivity contribution in [2.75, 3.05) is 27.3 Å². The standard InChI is InChI=1S/C41H42N6O9/c1-6-27-30(19-42-2)39(50)45(3)20-31(27)24-15-34(53-4)32(35(16-24)54-5)21-46-13-11-23(12-14-46)38-43-18-26(56-38)22-55-25-7-8-28-29(17-25)41(52)47(40(28)51)33-9-10-36(48)44-37(33)49/h6-8,15-20,23,33H,2,9-14,21-22H2,1,3-5H3,(H,44,48,49)/b27-6+,30-19+. The number of rotatable bonds is 11. The predicted octanol–water partition coefficient (Wildman–Crippen LogP) is 2.66. The lowest BCUT2D eigenvalue weighted by Gasteiger charge is -2.31. The first-order valence-corrected chi connectivity index (χ1v) is 18.3. The van der Waals surface area contributed by atoms with Crippen LogP contribution in [-0.2, 0) is 29.8 Å². The fourth-order valence-corrected chi connectivity index (χ4v) is 7.66. The zero-order valence-electron chi connectivity index (χ0n) is 31.6. The Bertz CT molecular complexity index is 2420. The molecule has 0 spiro atoms. The maximum Gasteiger partial charge on any atom is 0.262 e. The highest BCUT2D eigenvalue weighted by atomic mass is 16.5. The number of fused-ring (bicyclic) bond motifs is 1. The molecule has 3 aliphatic rings. The minimum absolute atomic E-state index is 0.0475. The Balaban J connectivity index is 0.985. The van der Waals surface area contributed by atoms with Crippen molar-refractivity contribution in [3.8, 4) is 28.4 Å². The molecule has 5 heterocycles. The first-order valence-electron chi connectivity index (χ1n) is 18.3. The van der Waals surface area contributed by atoms with Gasteiger partial charge in [-0.3, -0.25) is 44.1 Å². The van der Waals surface area contributed by atoms with Crippen LogP contribution in [0.5, 0.6) is 17.2 Å². The Labute approximate surface area is 321 Å². The molecule has 15 heteroatoms. The molecular weight excluding hydrogens is 720 g/mol. The molecule has 56 heavy (non-hydrogen) atoms. The predicted molar refractivity (Wildman–Crippen MR) is 205 cm³/mol. The Morgan fingerprint density at radius 1 is 0.964 bits per heavy atom. The van der Waals surface area contributed by atoms with Crippen molar-refractivity contribution in [3.63, 3.8) is 0 Å². The van der Waals surface area contributed by atoms with Gasteiger partial charge in [-0.1, -0.05) is 6.08 Å². The van der Waals surface area contributed by atoms with Gasteiger partial charge in [0.2, 0.25) is 11.8 Å². The molecule has 1 unspecified atom stereocenters. The zero-order valence-corrected chi connectivity index (χ0v) is 31.6. The van der Waals surface area contributed by atoms with E-state index in [1.54, 1.807) is 39.7 Å². The number of aryl methyl sites for hydroxylation is 1. The number of methoxy groups -OCH3 is 2. The SMILES string of the molecule is C=N/C=c1/c(=O)n(C)cc(-c2cc(OC)c(CN3CCC(c4ncc(COc5ccc6c(c5)C(=O)N(C5CCC(=O)NC5=O)C6=O)o4)CC3)c(OC)c2)/c1=C/C. The number of ether oxygens (including phenoxy) is 3. The highest BCUT2D eigenvalue weighted by Gasteiger charge is 2.44. The molecule has 0 saturated carbocycles. The molecule has 0 radical (unpaired) electrons. The second kappa shape index (κ2) is 15.8. The molecule has 0 bridgehead atoms. The normalized spacial score (nSPS) is 18.4. The van der Waals surface area contributed by atoms with Crippen LogP contribution in [0.2, 0.25) is 0 Å². The molecule has 2 fully saturated rings. The van der Waals surface area contributed by atoms with E-state index in [1.807, 2.05) is 25.1 Å². The van der Waals surface area contributed by atoms with Crippen molar-refractivity contribution in [3.05, 3.63) is 91.9 Å².